The average molecular weight is 737 g/mol. The monoisotopic (exact) mass is 737 g/mol. The van der Waals surface area contributed by atoms with Crippen molar-refractivity contribution < 1.29 is 24.2 Å². The van der Waals surface area contributed by atoms with Gasteiger partial charge in [0.25, 0.3) is 0 Å². The number of rotatable bonds is 44. The molecule has 0 aliphatic rings. The fourth-order valence-corrected chi connectivity index (χ4v) is 7.32. The van der Waals surface area contributed by atoms with E-state index in [-0.39, 0.29) is 25.2 Å². The van der Waals surface area contributed by atoms with Gasteiger partial charge in [-0.3, -0.25) is 9.59 Å². The normalized spacial score (nSPS) is 12.0. The van der Waals surface area contributed by atoms with Gasteiger partial charge in [0.15, 0.2) is 6.10 Å². The molecule has 1 atom stereocenters. The van der Waals surface area contributed by atoms with Crippen molar-refractivity contribution in [1.82, 2.24) is 0 Å². The SMILES string of the molecule is CCCCCCCCCCCCCCCCCCCCCC(=O)OC[C@@H](CO)OC(=O)CCCCCCCCCCCCCCCCCCCCC. The minimum Gasteiger partial charge on any atom is -0.462 e. The molecule has 52 heavy (non-hydrogen) atoms. The second-order valence-electron chi connectivity index (χ2n) is 16.2. The molecule has 0 aromatic carbocycles. The number of aliphatic hydroxyl groups excluding tert-OH is 1. The summed E-state index contributed by atoms with van der Waals surface area (Å²) in [6.07, 6.45) is 50.4. The van der Waals surface area contributed by atoms with Gasteiger partial charge in [0.05, 0.1) is 6.61 Å². The number of aliphatic hydroxyl groups is 1. The van der Waals surface area contributed by atoms with Crippen LogP contribution in [-0.2, 0) is 19.1 Å². The molecule has 0 fully saturated rings. The smallest absolute Gasteiger partial charge is 0.306 e. The van der Waals surface area contributed by atoms with Crippen molar-refractivity contribution in [2.75, 3.05) is 13.2 Å². The largest absolute Gasteiger partial charge is 0.462 e. The third-order valence-corrected chi connectivity index (χ3v) is 10.9. The van der Waals surface area contributed by atoms with Gasteiger partial charge in [-0.15, -0.1) is 0 Å². The minimum absolute atomic E-state index is 0.0562. The molecule has 0 rings (SSSR count). The maximum atomic E-state index is 12.2. The van der Waals surface area contributed by atoms with Crippen molar-refractivity contribution in [1.29, 1.82) is 0 Å². The van der Waals surface area contributed by atoms with Crippen molar-refractivity contribution in [3.8, 4) is 0 Å². The molecular formula is C47H92O5. The maximum Gasteiger partial charge on any atom is 0.306 e. The first kappa shape index (κ1) is 50.9. The molecule has 0 aliphatic heterocycles. The van der Waals surface area contributed by atoms with Gasteiger partial charge in [0.2, 0.25) is 0 Å². The first-order valence-electron chi connectivity index (χ1n) is 23.6. The topological polar surface area (TPSA) is 72.8 Å². The van der Waals surface area contributed by atoms with Crippen molar-refractivity contribution in [3.63, 3.8) is 0 Å². The molecule has 0 unspecified atom stereocenters. The van der Waals surface area contributed by atoms with Gasteiger partial charge in [0, 0.05) is 12.8 Å². The number of unbranched alkanes of at least 4 members (excludes halogenated alkanes) is 36. The standard InChI is InChI=1S/C47H92O5/c1-3-5-7-9-11-13-15-17-19-21-23-25-27-29-31-33-35-37-39-41-46(49)51-44-45(43-48)52-47(50)42-40-38-36-34-32-30-28-26-24-22-20-18-16-14-12-10-8-6-4-2/h45,48H,3-44H2,1-2H3/t45-/m1/s1. The van der Waals surface area contributed by atoms with Crippen LogP contribution in [0.25, 0.3) is 0 Å². The van der Waals surface area contributed by atoms with Crippen LogP contribution >= 0.6 is 0 Å². The lowest BCUT2D eigenvalue weighted by molar-refractivity contribution is -0.161. The number of carbonyl (C=O) groups is 2. The summed E-state index contributed by atoms with van der Waals surface area (Å²) < 4.78 is 10.7. The summed E-state index contributed by atoms with van der Waals surface area (Å²) in [4.78, 5) is 24.4. The van der Waals surface area contributed by atoms with Crippen LogP contribution in [0, 0.1) is 0 Å². The summed E-state index contributed by atoms with van der Waals surface area (Å²) in [5, 5.41) is 9.60. The summed E-state index contributed by atoms with van der Waals surface area (Å²) in [6, 6.07) is 0. The second-order valence-corrected chi connectivity index (χ2v) is 16.2. The number of ether oxygens (including phenoxy) is 2. The quantitative estimate of drug-likeness (QED) is 0.0498. The molecule has 1 N–H and O–H groups in total. The highest BCUT2D eigenvalue weighted by atomic mass is 16.6. The summed E-state index contributed by atoms with van der Waals surface area (Å²) >= 11 is 0. The van der Waals surface area contributed by atoms with Crippen LogP contribution in [0.1, 0.15) is 271 Å². The van der Waals surface area contributed by atoms with Crippen LogP contribution in [-0.4, -0.2) is 36.4 Å². The predicted octanol–water partition coefficient (Wildman–Crippen LogP) is 15.1. The molecule has 310 valence electrons. The van der Waals surface area contributed by atoms with E-state index in [9.17, 15) is 14.7 Å². The Balaban J connectivity index is 3.44. The van der Waals surface area contributed by atoms with Crippen LogP contribution in [0.3, 0.4) is 0 Å². The molecule has 0 amide bonds. The third-order valence-electron chi connectivity index (χ3n) is 10.9. The van der Waals surface area contributed by atoms with Gasteiger partial charge in [-0.1, -0.05) is 245 Å². The number of carbonyl (C=O) groups excluding carboxylic acids is 2. The Hall–Kier alpha value is -1.10. The Labute approximate surface area is 325 Å². The predicted molar refractivity (Wildman–Crippen MR) is 224 cm³/mol. The fraction of sp³-hybridized carbons (Fsp3) is 0.957. The van der Waals surface area contributed by atoms with Gasteiger partial charge < -0.3 is 14.6 Å². The molecular weight excluding hydrogens is 645 g/mol. The lowest BCUT2D eigenvalue weighted by atomic mass is 10.0. The van der Waals surface area contributed by atoms with Crippen LogP contribution in [0.2, 0.25) is 0 Å². The number of hydrogen-bond acceptors (Lipinski definition) is 5. The van der Waals surface area contributed by atoms with Crippen LogP contribution in [0.15, 0.2) is 0 Å². The number of esters is 2. The molecule has 5 nitrogen and oxygen atoms in total. The second kappa shape index (κ2) is 44.3. The van der Waals surface area contributed by atoms with Gasteiger partial charge in [0.1, 0.15) is 6.61 Å². The van der Waals surface area contributed by atoms with E-state index >= 15 is 0 Å². The molecule has 0 aliphatic carbocycles. The highest BCUT2D eigenvalue weighted by Crippen LogP contribution is 2.17. The van der Waals surface area contributed by atoms with Crippen molar-refractivity contribution >= 4 is 11.9 Å². The van der Waals surface area contributed by atoms with E-state index in [4.69, 9.17) is 9.47 Å². The number of hydrogen-bond donors (Lipinski definition) is 1. The first-order valence-corrected chi connectivity index (χ1v) is 23.6. The highest BCUT2D eigenvalue weighted by molar-refractivity contribution is 5.70. The van der Waals surface area contributed by atoms with E-state index in [0.717, 1.165) is 32.1 Å². The molecule has 5 heteroatoms. The zero-order valence-corrected chi connectivity index (χ0v) is 35.4. The Morgan fingerprint density at radius 3 is 0.846 bits per heavy atom. The summed E-state index contributed by atoms with van der Waals surface area (Å²) in [7, 11) is 0. The summed E-state index contributed by atoms with van der Waals surface area (Å²) in [5.41, 5.74) is 0. The molecule has 0 aromatic heterocycles. The van der Waals surface area contributed by atoms with Gasteiger partial charge in [-0.25, -0.2) is 0 Å². The minimum atomic E-state index is -0.762. The zero-order valence-electron chi connectivity index (χ0n) is 35.4. The van der Waals surface area contributed by atoms with Crippen molar-refractivity contribution in [3.05, 3.63) is 0 Å². The van der Waals surface area contributed by atoms with Gasteiger partial charge >= 0.3 is 11.9 Å². The van der Waals surface area contributed by atoms with E-state index in [1.165, 1.54) is 212 Å². The fourth-order valence-electron chi connectivity index (χ4n) is 7.32. The van der Waals surface area contributed by atoms with Crippen LogP contribution in [0.5, 0.6) is 0 Å². The van der Waals surface area contributed by atoms with Crippen molar-refractivity contribution in [2.45, 2.75) is 277 Å². The molecule has 0 spiro atoms. The molecule has 0 aromatic rings. The summed E-state index contributed by atoms with van der Waals surface area (Å²) in [6.45, 7) is 4.19. The van der Waals surface area contributed by atoms with E-state index in [1.54, 1.807) is 0 Å². The highest BCUT2D eigenvalue weighted by Gasteiger charge is 2.16. The van der Waals surface area contributed by atoms with Crippen molar-refractivity contribution in [2.24, 2.45) is 0 Å². The Kier molecular flexibility index (Phi) is 43.4. The van der Waals surface area contributed by atoms with E-state index in [1.807, 2.05) is 0 Å². The molecule has 0 heterocycles. The Morgan fingerprint density at radius 2 is 0.596 bits per heavy atom. The van der Waals surface area contributed by atoms with Crippen LogP contribution in [0.4, 0.5) is 0 Å². The van der Waals surface area contributed by atoms with Gasteiger partial charge in [-0.2, -0.15) is 0 Å². The molecule has 0 saturated carbocycles. The van der Waals surface area contributed by atoms with Gasteiger partial charge in [-0.05, 0) is 12.8 Å². The average Bonchev–Trinajstić information content (AvgIpc) is 3.15. The Morgan fingerprint density at radius 1 is 0.365 bits per heavy atom. The van der Waals surface area contributed by atoms with E-state index < -0.39 is 6.10 Å². The maximum absolute atomic E-state index is 12.2. The molecule has 0 saturated heterocycles. The third kappa shape index (κ3) is 41.7. The zero-order chi connectivity index (χ0) is 37.8. The Bertz CT molecular complexity index is 710. The van der Waals surface area contributed by atoms with E-state index in [2.05, 4.69) is 13.8 Å². The molecule has 0 bridgehead atoms. The lowest BCUT2D eigenvalue weighted by Crippen LogP contribution is -2.28. The first-order chi connectivity index (χ1) is 25.6. The molecule has 0 radical (unpaired) electrons. The summed E-state index contributed by atoms with van der Waals surface area (Å²) in [5.74, 6) is -0.568. The van der Waals surface area contributed by atoms with E-state index in [0.29, 0.717) is 12.8 Å². The lowest BCUT2D eigenvalue weighted by Gasteiger charge is -2.15. The van der Waals surface area contributed by atoms with Crippen LogP contribution < -0.4 is 0 Å².